The van der Waals surface area contributed by atoms with Crippen LogP contribution in [-0.2, 0) is 15.8 Å². The maximum absolute atomic E-state index is 12.8. The molecular formula is C17H20FNO3S. The summed E-state index contributed by atoms with van der Waals surface area (Å²) < 4.78 is 39.3. The van der Waals surface area contributed by atoms with Crippen molar-refractivity contribution in [3.8, 4) is 0 Å². The molecule has 0 spiro atoms. The molecule has 2 N–H and O–H groups in total. The number of halogens is 1. The molecule has 0 saturated heterocycles. The molecular weight excluding hydrogens is 317 g/mol. The van der Waals surface area contributed by atoms with Crippen LogP contribution in [0.4, 0.5) is 4.39 Å². The Labute approximate surface area is 136 Å². The third kappa shape index (κ3) is 5.74. The van der Waals surface area contributed by atoms with Crippen molar-refractivity contribution in [3.05, 3.63) is 71.0 Å². The largest absolute Gasteiger partial charge is 0.388 e. The molecule has 0 amide bonds. The van der Waals surface area contributed by atoms with Gasteiger partial charge in [-0.2, -0.15) is 0 Å². The summed E-state index contributed by atoms with van der Waals surface area (Å²) in [5.41, 5.74) is 2.34. The highest BCUT2D eigenvalue weighted by Gasteiger charge is 2.13. The highest BCUT2D eigenvalue weighted by molar-refractivity contribution is 7.88. The van der Waals surface area contributed by atoms with Crippen LogP contribution in [0, 0.1) is 12.7 Å². The van der Waals surface area contributed by atoms with Gasteiger partial charge in [0.15, 0.2) is 0 Å². The van der Waals surface area contributed by atoms with Crippen LogP contribution in [-0.4, -0.2) is 20.1 Å². The molecule has 0 bridgehead atoms. The minimum absolute atomic E-state index is 0.0973. The summed E-state index contributed by atoms with van der Waals surface area (Å²) in [6.07, 6.45) is -0.614. The molecule has 0 aliphatic heterocycles. The van der Waals surface area contributed by atoms with E-state index >= 15 is 0 Å². The first kappa shape index (κ1) is 17.6. The third-order valence-corrected chi connectivity index (χ3v) is 4.83. The van der Waals surface area contributed by atoms with Gasteiger partial charge in [-0.3, -0.25) is 0 Å². The van der Waals surface area contributed by atoms with Gasteiger partial charge in [0, 0.05) is 6.54 Å². The third-order valence-electron chi connectivity index (χ3n) is 3.47. The zero-order valence-corrected chi connectivity index (χ0v) is 13.7. The second-order valence-electron chi connectivity index (χ2n) is 5.50. The molecule has 4 nitrogen and oxygen atoms in total. The van der Waals surface area contributed by atoms with Crippen LogP contribution in [0.3, 0.4) is 0 Å². The SMILES string of the molecule is Cc1ccc(CS(=O)(=O)NCCC(O)c2ccc(F)cc2)cc1. The fraction of sp³-hybridized carbons (Fsp3) is 0.294. The summed E-state index contributed by atoms with van der Waals surface area (Å²) in [7, 11) is -3.45. The number of aryl methyl sites for hydroxylation is 1. The summed E-state index contributed by atoms with van der Waals surface area (Å²) in [6, 6.07) is 12.8. The van der Waals surface area contributed by atoms with Crippen molar-refractivity contribution < 1.29 is 17.9 Å². The van der Waals surface area contributed by atoms with Crippen LogP contribution in [0.1, 0.15) is 29.2 Å². The van der Waals surface area contributed by atoms with Crippen molar-refractivity contribution >= 4 is 10.0 Å². The zero-order chi connectivity index (χ0) is 16.9. The smallest absolute Gasteiger partial charge is 0.215 e. The van der Waals surface area contributed by atoms with Crippen LogP contribution < -0.4 is 4.72 Å². The Balaban J connectivity index is 1.84. The molecule has 1 atom stereocenters. The zero-order valence-electron chi connectivity index (χ0n) is 12.9. The summed E-state index contributed by atoms with van der Waals surface area (Å²) in [5, 5.41) is 9.97. The minimum Gasteiger partial charge on any atom is -0.388 e. The number of sulfonamides is 1. The molecule has 0 heterocycles. The first-order valence-corrected chi connectivity index (χ1v) is 8.97. The van der Waals surface area contributed by atoms with Gasteiger partial charge in [-0.25, -0.2) is 17.5 Å². The molecule has 2 aromatic rings. The Hall–Kier alpha value is -1.76. The van der Waals surface area contributed by atoms with Gasteiger partial charge >= 0.3 is 0 Å². The Bertz CT molecular complexity index is 727. The van der Waals surface area contributed by atoms with Crippen molar-refractivity contribution in [3.63, 3.8) is 0 Å². The van der Waals surface area contributed by atoms with E-state index in [9.17, 15) is 17.9 Å². The fourth-order valence-corrected chi connectivity index (χ4v) is 3.32. The number of nitrogens with one attached hydrogen (secondary N) is 1. The molecule has 0 aromatic heterocycles. The summed E-state index contributed by atoms with van der Waals surface area (Å²) in [6.45, 7) is 2.06. The van der Waals surface area contributed by atoms with E-state index in [1.54, 1.807) is 12.1 Å². The lowest BCUT2D eigenvalue weighted by Gasteiger charge is -2.12. The monoisotopic (exact) mass is 337 g/mol. The average molecular weight is 337 g/mol. The van der Waals surface area contributed by atoms with Gasteiger partial charge in [0.1, 0.15) is 5.82 Å². The molecule has 2 aromatic carbocycles. The first-order valence-electron chi connectivity index (χ1n) is 7.32. The topological polar surface area (TPSA) is 66.4 Å². The number of aliphatic hydroxyl groups excluding tert-OH is 1. The highest BCUT2D eigenvalue weighted by atomic mass is 32.2. The Morgan fingerprint density at radius 2 is 1.70 bits per heavy atom. The van der Waals surface area contributed by atoms with Crippen molar-refractivity contribution in [1.82, 2.24) is 4.72 Å². The molecule has 0 aliphatic carbocycles. The number of hydrogen-bond acceptors (Lipinski definition) is 3. The van der Waals surface area contributed by atoms with Crippen LogP contribution in [0.25, 0.3) is 0 Å². The van der Waals surface area contributed by atoms with Crippen LogP contribution in [0.15, 0.2) is 48.5 Å². The second kappa shape index (κ2) is 7.68. The second-order valence-corrected chi connectivity index (χ2v) is 7.30. The van der Waals surface area contributed by atoms with Gasteiger partial charge in [-0.15, -0.1) is 0 Å². The normalized spacial score (nSPS) is 13.0. The van der Waals surface area contributed by atoms with Gasteiger partial charge in [-0.1, -0.05) is 42.0 Å². The quantitative estimate of drug-likeness (QED) is 0.816. The molecule has 0 saturated carbocycles. The maximum Gasteiger partial charge on any atom is 0.215 e. The van der Waals surface area contributed by atoms with E-state index in [4.69, 9.17) is 0 Å². The number of aliphatic hydroxyl groups is 1. The Kier molecular flexibility index (Phi) is 5.87. The van der Waals surface area contributed by atoms with Crippen LogP contribution in [0.5, 0.6) is 0 Å². The van der Waals surface area contributed by atoms with E-state index in [1.165, 1.54) is 24.3 Å². The molecule has 0 aliphatic rings. The van der Waals surface area contributed by atoms with Crippen molar-refractivity contribution in [2.24, 2.45) is 0 Å². The van der Waals surface area contributed by atoms with Gasteiger partial charge in [0.05, 0.1) is 11.9 Å². The molecule has 0 fully saturated rings. The maximum atomic E-state index is 12.8. The summed E-state index contributed by atoms with van der Waals surface area (Å²) in [5.74, 6) is -0.473. The lowest BCUT2D eigenvalue weighted by Crippen LogP contribution is -2.27. The lowest BCUT2D eigenvalue weighted by atomic mass is 10.1. The minimum atomic E-state index is -3.45. The number of hydrogen-bond donors (Lipinski definition) is 2. The number of benzene rings is 2. The molecule has 23 heavy (non-hydrogen) atoms. The molecule has 1 unspecified atom stereocenters. The van der Waals surface area contributed by atoms with Gasteiger partial charge < -0.3 is 5.11 Å². The van der Waals surface area contributed by atoms with Gasteiger partial charge in [0.25, 0.3) is 0 Å². The summed E-state index contributed by atoms with van der Waals surface area (Å²) in [4.78, 5) is 0. The molecule has 124 valence electrons. The fourth-order valence-electron chi connectivity index (χ4n) is 2.16. The average Bonchev–Trinajstić information content (AvgIpc) is 2.50. The van der Waals surface area contributed by atoms with Crippen molar-refractivity contribution in [2.75, 3.05) is 6.54 Å². The van der Waals surface area contributed by atoms with E-state index in [1.807, 2.05) is 19.1 Å². The Morgan fingerprint density at radius 1 is 1.09 bits per heavy atom. The van der Waals surface area contributed by atoms with Crippen molar-refractivity contribution in [1.29, 1.82) is 0 Å². The van der Waals surface area contributed by atoms with E-state index < -0.39 is 16.1 Å². The standard InChI is InChI=1S/C17H20FNO3S/c1-13-2-4-14(5-3-13)12-23(21,22)19-11-10-17(20)15-6-8-16(18)9-7-15/h2-9,17,19-20H,10-12H2,1H3. The summed E-state index contributed by atoms with van der Waals surface area (Å²) >= 11 is 0. The molecule has 6 heteroatoms. The van der Waals surface area contributed by atoms with E-state index in [0.29, 0.717) is 11.1 Å². The molecule has 0 radical (unpaired) electrons. The van der Waals surface area contributed by atoms with Gasteiger partial charge in [0.2, 0.25) is 10.0 Å². The number of rotatable bonds is 7. The highest BCUT2D eigenvalue weighted by Crippen LogP contribution is 2.16. The predicted octanol–water partition coefficient (Wildman–Crippen LogP) is 2.68. The van der Waals surface area contributed by atoms with E-state index in [2.05, 4.69) is 4.72 Å². The van der Waals surface area contributed by atoms with Crippen LogP contribution in [0.2, 0.25) is 0 Å². The van der Waals surface area contributed by atoms with Crippen LogP contribution >= 0.6 is 0 Å². The van der Waals surface area contributed by atoms with E-state index in [-0.39, 0.29) is 24.5 Å². The lowest BCUT2D eigenvalue weighted by molar-refractivity contribution is 0.169. The first-order chi connectivity index (χ1) is 10.9. The van der Waals surface area contributed by atoms with Crippen molar-refractivity contribution in [2.45, 2.75) is 25.2 Å². The van der Waals surface area contributed by atoms with E-state index in [0.717, 1.165) is 5.56 Å². The Morgan fingerprint density at radius 3 is 2.30 bits per heavy atom. The molecule has 2 rings (SSSR count). The van der Waals surface area contributed by atoms with Gasteiger partial charge in [-0.05, 0) is 36.6 Å². The predicted molar refractivity (Wildman–Crippen MR) is 87.8 cm³/mol.